The van der Waals surface area contributed by atoms with Gasteiger partial charge in [-0.25, -0.2) is 0 Å². The fourth-order valence-electron chi connectivity index (χ4n) is 2.68. The minimum Gasteiger partial charge on any atom is -0.493 e. The van der Waals surface area contributed by atoms with Crippen molar-refractivity contribution in [1.29, 1.82) is 5.26 Å². The molecule has 0 spiro atoms. The Hall–Kier alpha value is -3.10. The first-order chi connectivity index (χ1) is 12.7. The number of nitriles is 1. The van der Waals surface area contributed by atoms with Crippen LogP contribution in [0.3, 0.4) is 0 Å². The first kappa shape index (κ1) is 17.7. The van der Waals surface area contributed by atoms with Crippen molar-refractivity contribution in [2.45, 2.75) is 13.5 Å². The molecule has 0 bridgehead atoms. The summed E-state index contributed by atoms with van der Waals surface area (Å²) in [6.45, 7) is 2.93. The van der Waals surface area contributed by atoms with Crippen LogP contribution in [-0.2, 0) is 11.3 Å². The first-order valence-electron chi connectivity index (χ1n) is 8.30. The maximum Gasteiger partial charge on any atom is 0.262 e. The predicted molar refractivity (Wildman–Crippen MR) is 105 cm³/mol. The van der Waals surface area contributed by atoms with Crippen LogP contribution in [0.2, 0.25) is 0 Å². The van der Waals surface area contributed by atoms with Gasteiger partial charge >= 0.3 is 0 Å². The largest absolute Gasteiger partial charge is 0.493 e. The van der Waals surface area contributed by atoms with Crippen LogP contribution >= 0.6 is 11.3 Å². The van der Waals surface area contributed by atoms with E-state index in [0.717, 1.165) is 27.0 Å². The summed E-state index contributed by atoms with van der Waals surface area (Å²) in [6, 6.07) is 17.4. The molecule has 2 aromatic carbocycles. The first-order valence-corrected chi connectivity index (χ1v) is 9.17. The van der Waals surface area contributed by atoms with Gasteiger partial charge in [0.1, 0.15) is 17.4 Å². The van der Waals surface area contributed by atoms with E-state index in [0.29, 0.717) is 13.2 Å². The Morgan fingerprint density at radius 1 is 1.19 bits per heavy atom. The lowest BCUT2D eigenvalue weighted by molar-refractivity contribution is -0.117. The molecule has 1 N–H and O–H groups in total. The van der Waals surface area contributed by atoms with Crippen LogP contribution in [0.15, 0.2) is 59.5 Å². The molecule has 0 radical (unpaired) electrons. The number of nitrogens with one attached hydrogen (secondary N) is 1. The minimum absolute atomic E-state index is 0.0795. The number of nitrogens with zero attached hydrogens (tertiary/aromatic N) is 1. The lowest BCUT2D eigenvalue weighted by Crippen LogP contribution is -2.23. The molecule has 1 heterocycles. The van der Waals surface area contributed by atoms with Crippen LogP contribution in [0, 0.1) is 11.3 Å². The van der Waals surface area contributed by atoms with Crippen molar-refractivity contribution in [3.63, 3.8) is 0 Å². The van der Waals surface area contributed by atoms with Crippen molar-refractivity contribution in [2.75, 3.05) is 6.61 Å². The summed E-state index contributed by atoms with van der Waals surface area (Å²) in [7, 11) is 0. The van der Waals surface area contributed by atoms with Gasteiger partial charge in [0.05, 0.1) is 13.2 Å². The normalized spacial score (nSPS) is 11.2. The zero-order valence-corrected chi connectivity index (χ0v) is 15.2. The lowest BCUT2D eigenvalue weighted by atomic mass is 10.0. The van der Waals surface area contributed by atoms with Gasteiger partial charge in [-0.15, -0.1) is 11.3 Å². The van der Waals surface area contributed by atoms with Gasteiger partial charge in [-0.3, -0.25) is 4.79 Å². The highest BCUT2D eigenvalue weighted by Crippen LogP contribution is 2.29. The molecule has 0 saturated heterocycles. The summed E-state index contributed by atoms with van der Waals surface area (Å²) in [5.41, 5.74) is 0.891. The number of fused-ring (bicyclic) bond motifs is 1. The highest BCUT2D eigenvalue weighted by molar-refractivity contribution is 7.09. The minimum atomic E-state index is -0.376. The molecule has 0 aliphatic heterocycles. The highest BCUT2D eigenvalue weighted by atomic mass is 32.1. The molecule has 1 amide bonds. The molecule has 130 valence electrons. The molecule has 3 aromatic rings. The number of hydrogen-bond acceptors (Lipinski definition) is 4. The highest BCUT2D eigenvalue weighted by Gasteiger charge is 2.11. The third-order valence-corrected chi connectivity index (χ3v) is 4.76. The van der Waals surface area contributed by atoms with Crippen molar-refractivity contribution in [1.82, 2.24) is 5.32 Å². The second-order valence-electron chi connectivity index (χ2n) is 5.56. The fraction of sp³-hybridized carbons (Fsp3) is 0.143. The van der Waals surface area contributed by atoms with Gasteiger partial charge in [-0.2, -0.15) is 5.26 Å². The second-order valence-corrected chi connectivity index (χ2v) is 6.60. The second kappa shape index (κ2) is 8.32. The van der Waals surface area contributed by atoms with E-state index in [1.807, 2.05) is 66.9 Å². The van der Waals surface area contributed by atoms with Crippen LogP contribution < -0.4 is 10.1 Å². The van der Waals surface area contributed by atoms with Crippen LogP contribution in [0.1, 0.15) is 17.4 Å². The number of rotatable bonds is 6. The third-order valence-electron chi connectivity index (χ3n) is 3.89. The van der Waals surface area contributed by atoms with Gasteiger partial charge in [-0.1, -0.05) is 36.4 Å². The molecule has 4 nitrogen and oxygen atoms in total. The molecule has 0 fully saturated rings. The summed E-state index contributed by atoms with van der Waals surface area (Å²) in [5.74, 6) is 0.416. The Morgan fingerprint density at radius 3 is 2.69 bits per heavy atom. The Morgan fingerprint density at radius 2 is 2.00 bits per heavy atom. The average Bonchev–Trinajstić information content (AvgIpc) is 3.19. The zero-order chi connectivity index (χ0) is 18.4. The molecule has 0 unspecified atom stereocenters. The standard InChI is InChI=1S/C21H18N2O2S/c1-2-25-20-10-9-15(18-7-3-4-8-19(18)20)12-16(13-22)21(24)23-14-17-6-5-11-26-17/h3-12H,2,14H2,1H3,(H,23,24)/b16-12+. The predicted octanol–water partition coefficient (Wildman–Crippen LogP) is 4.52. The van der Waals surface area contributed by atoms with E-state index in [2.05, 4.69) is 5.32 Å². The van der Waals surface area contributed by atoms with E-state index < -0.39 is 0 Å². The number of amides is 1. The SMILES string of the molecule is CCOc1ccc(/C=C(\C#N)C(=O)NCc2cccs2)c2ccccc12. The Bertz CT molecular complexity index is 985. The maximum atomic E-state index is 12.4. The number of carbonyl (C=O) groups is 1. The number of ether oxygens (including phenoxy) is 1. The number of hydrogen-bond donors (Lipinski definition) is 1. The third kappa shape index (κ3) is 3.93. The number of carbonyl (C=O) groups excluding carboxylic acids is 1. The Labute approximate surface area is 156 Å². The van der Waals surface area contributed by atoms with E-state index in [9.17, 15) is 10.1 Å². The van der Waals surface area contributed by atoms with Crippen molar-refractivity contribution < 1.29 is 9.53 Å². The van der Waals surface area contributed by atoms with Crippen LogP contribution in [0.5, 0.6) is 5.75 Å². The van der Waals surface area contributed by atoms with Gasteiger partial charge in [-0.05, 0) is 41.5 Å². The van der Waals surface area contributed by atoms with E-state index in [-0.39, 0.29) is 11.5 Å². The Balaban J connectivity index is 1.90. The monoisotopic (exact) mass is 362 g/mol. The van der Waals surface area contributed by atoms with Crippen molar-refractivity contribution in [3.8, 4) is 11.8 Å². The molecule has 3 rings (SSSR count). The average molecular weight is 362 g/mol. The lowest BCUT2D eigenvalue weighted by Gasteiger charge is -2.10. The van der Waals surface area contributed by atoms with Crippen molar-refractivity contribution in [3.05, 3.63) is 69.9 Å². The topological polar surface area (TPSA) is 62.1 Å². The summed E-state index contributed by atoms with van der Waals surface area (Å²) >= 11 is 1.57. The molecule has 0 aliphatic rings. The van der Waals surface area contributed by atoms with Crippen molar-refractivity contribution >= 4 is 34.1 Å². The molecule has 26 heavy (non-hydrogen) atoms. The van der Waals surface area contributed by atoms with Gasteiger partial charge in [0.25, 0.3) is 5.91 Å². The van der Waals surface area contributed by atoms with Gasteiger partial charge < -0.3 is 10.1 Å². The molecular formula is C21H18N2O2S. The zero-order valence-electron chi connectivity index (χ0n) is 14.4. The fourth-order valence-corrected chi connectivity index (χ4v) is 3.33. The quantitative estimate of drug-likeness (QED) is 0.518. The van der Waals surface area contributed by atoms with Crippen LogP contribution in [0.25, 0.3) is 16.8 Å². The van der Waals surface area contributed by atoms with Gasteiger partial charge in [0, 0.05) is 10.3 Å². The van der Waals surface area contributed by atoms with E-state index in [1.54, 1.807) is 17.4 Å². The van der Waals surface area contributed by atoms with E-state index in [1.165, 1.54) is 0 Å². The van der Waals surface area contributed by atoms with Crippen LogP contribution in [-0.4, -0.2) is 12.5 Å². The number of thiophene rings is 1. The molecule has 0 saturated carbocycles. The van der Waals surface area contributed by atoms with E-state index in [4.69, 9.17) is 4.74 Å². The molecule has 0 atom stereocenters. The summed E-state index contributed by atoms with van der Waals surface area (Å²) < 4.78 is 5.67. The maximum absolute atomic E-state index is 12.4. The summed E-state index contributed by atoms with van der Waals surface area (Å²) in [4.78, 5) is 13.4. The molecule has 1 aromatic heterocycles. The van der Waals surface area contributed by atoms with Crippen LogP contribution in [0.4, 0.5) is 0 Å². The molecule has 5 heteroatoms. The summed E-state index contributed by atoms with van der Waals surface area (Å²) in [6.07, 6.45) is 1.63. The van der Waals surface area contributed by atoms with Gasteiger partial charge in [0.2, 0.25) is 0 Å². The van der Waals surface area contributed by atoms with Crippen molar-refractivity contribution in [2.24, 2.45) is 0 Å². The molecule has 0 aliphatic carbocycles. The smallest absolute Gasteiger partial charge is 0.262 e. The Kier molecular flexibility index (Phi) is 5.67. The molecular weight excluding hydrogens is 344 g/mol. The number of benzene rings is 2. The van der Waals surface area contributed by atoms with E-state index >= 15 is 0 Å². The van der Waals surface area contributed by atoms with Gasteiger partial charge in [0.15, 0.2) is 0 Å². The summed E-state index contributed by atoms with van der Waals surface area (Å²) in [5, 5.41) is 16.1.